The van der Waals surface area contributed by atoms with Crippen molar-refractivity contribution in [2.45, 2.75) is 46.5 Å². The van der Waals surface area contributed by atoms with E-state index < -0.39 is 5.97 Å². The minimum atomic E-state index is -0.714. The number of aliphatic carboxylic acids is 1. The average Bonchev–Trinajstić information content (AvgIpc) is 2.50. The summed E-state index contributed by atoms with van der Waals surface area (Å²) in [6.07, 6.45) is 3.46. The zero-order valence-corrected chi connectivity index (χ0v) is 11.4. The molecule has 0 saturated heterocycles. The third-order valence-electron chi connectivity index (χ3n) is 5.01. The third-order valence-corrected chi connectivity index (χ3v) is 5.01. The van der Waals surface area contributed by atoms with Crippen molar-refractivity contribution in [2.75, 3.05) is 0 Å². The van der Waals surface area contributed by atoms with Crippen molar-refractivity contribution in [3.63, 3.8) is 0 Å². The molecule has 2 aliphatic carbocycles. The van der Waals surface area contributed by atoms with Crippen molar-refractivity contribution < 1.29 is 14.7 Å². The first kappa shape index (κ1) is 13.3. The number of allylic oxidation sites excluding steroid dienone is 2. The maximum absolute atomic E-state index is 11.8. The minimum Gasteiger partial charge on any atom is -0.481 e. The first-order valence-electron chi connectivity index (χ1n) is 6.87. The summed E-state index contributed by atoms with van der Waals surface area (Å²) < 4.78 is 0. The number of hydrogen-bond donors (Lipinski definition) is 1. The van der Waals surface area contributed by atoms with E-state index in [4.69, 9.17) is 5.11 Å². The van der Waals surface area contributed by atoms with E-state index in [9.17, 15) is 9.59 Å². The van der Waals surface area contributed by atoms with E-state index in [1.54, 1.807) is 6.92 Å². The number of carbonyl (C=O) groups is 2. The molecule has 1 fully saturated rings. The normalized spacial score (nSPS) is 34.2. The Morgan fingerprint density at radius 1 is 1.33 bits per heavy atom. The molecule has 0 aromatic heterocycles. The van der Waals surface area contributed by atoms with Gasteiger partial charge in [0.2, 0.25) is 0 Å². The summed E-state index contributed by atoms with van der Waals surface area (Å²) in [4.78, 5) is 23.0. The maximum atomic E-state index is 11.8. The second kappa shape index (κ2) is 4.87. The van der Waals surface area contributed by atoms with E-state index in [2.05, 4.69) is 6.92 Å². The molecular weight excluding hydrogens is 228 g/mol. The van der Waals surface area contributed by atoms with E-state index in [1.165, 1.54) is 5.57 Å². The lowest BCUT2D eigenvalue weighted by atomic mass is 9.84. The standard InChI is InChI=1S/C15H22O3/c1-8-4-5-11(9(2)15(17)18)6-13-10(3)14(16)7-12(8)13/h8-9,11-12H,4-7H2,1-3H3,(H,17,18). The van der Waals surface area contributed by atoms with Crippen LogP contribution in [-0.4, -0.2) is 16.9 Å². The van der Waals surface area contributed by atoms with E-state index in [1.807, 2.05) is 6.92 Å². The van der Waals surface area contributed by atoms with Gasteiger partial charge in [-0.05, 0) is 49.5 Å². The molecule has 0 amide bonds. The SMILES string of the molecule is CC1=C2CC(C(C)C(=O)O)CCC(C)C2CC1=O. The van der Waals surface area contributed by atoms with Crippen LogP contribution in [0.3, 0.4) is 0 Å². The lowest BCUT2D eigenvalue weighted by Crippen LogP contribution is -2.20. The molecule has 18 heavy (non-hydrogen) atoms. The third kappa shape index (κ3) is 2.23. The molecule has 100 valence electrons. The number of Topliss-reactive ketones (excluding diaryl/α,β-unsaturated/α-hetero) is 1. The summed E-state index contributed by atoms with van der Waals surface area (Å²) in [5, 5.41) is 9.17. The van der Waals surface area contributed by atoms with Gasteiger partial charge >= 0.3 is 5.97 Å². The molecule has 0 radical (unpaired) electrons. The van der Waals surface area contributed by atoms with E-state index in [0.29, 0.717) is 18.3 Å². The second-order valence-corrected chi connectivity index (χ2v) is 6.03. The fourth-order valence-corrected chi connectivity index (χ4v) is 3.47. The molecule has 1 saturated carbocycles. The molecule has 4 unspecified atom stereocenters. The molecular formula is C15H22O3. The van der Waals surface area contributed by atoms with Gasteiger partial charge in [0.05, 0.1) is 5.92 Å². The monoisotopic (exact) mass is 250 g/mol. The van der Waals surface area contributed by atoms with Crippen LogP contribution in [0, 0.1) is 23.7 Å². The number of fused-ring (bicyclic) bond motifs is 1. The van der Waals surface area contributed by atoms with Crippen molar-refractivity contribution in [1.29, 1.82) is 0 Å². The zero-order chi connectivity index (χ0) is 13.4. The number of rotatable bonds is 2. The molecule has 0 aliphatic heterocycles. The lowest BCUT2D eigenvalue weighted by Gasteiger charge is -2.20. The maximum Gasteiger partial charge on any atom is 0.306 e. The molecule has 0 aromatic rings. The van der Waals surface area contributed by atoms with Gasteiger partial charge in [0, 0.05) is 6.42 Å². The molecule has 0 bridgehead atoms. The van der Waals surface area contributed by atoms with Crippen LogP contribution in [0.1, 0.15) is 46.5 Å². The summed E-state index contributed by atoms with van der Waals surface area (Å²) in [6, 6.07) is 0. The van der Waals surface area contributed by atoms with Crippen LogP contribution in [0.5, 0.6) is 0 Å². The van der Waals surface area contributed by atoms with E-state index in [-0.39, 0.29) is 17.6 Å². The van der Waals surface area contributed by atoms with Crippen LogP contribution < -0.4 is 0 Å². The smallest absolute Gasteiger partial charge is 0.306 e. The molecule has 0 heterocycles. The lowest BCUT2D eigenvalue weighted by molar-refractivity contribution is -0.143. The Balaban J connectivity index is 2.26. The first-order chi connectivity index (χ1) is 8.41. The van der Waals surface area contributed by atoms with Gasteiger partial charge in [0.1, 0.15) is 0 Å². The van der Waals surface area contributed by atoms with Crippen molar-refractivity contribution in [3.8, 4) is 0 Å². The Hall–Kier alpha value is -1.12. The van der Waals surface area contributed by atoms with Crippen LogP contribution in [0.4, 0.5) is 0 Å². The molecule has 2 aliphatic rings. The Bertz CT molecular complexity index is 408. The fourth-order valence-electron chi connectivity index (χ4n) is 3.47. The van der Waals surface area contributed by atoms with Crippen LogP contribution in [0.15, 0.2) is 11.1 Å². The summed E-state index contributed by atoms with van der Waals surface area (Å²) in [7, 11) is 0. The number of carboxylic acid groups (broad SMARTS) is 1. The molecule has 4 atom stereocenters. The highest BCUT2D eigenvalue weighted by Crippen LogP contribution is 2.45. The van der Waals surface area contributed by atoms with Gasteiger partial charge in [0.15, 0.2) is 5.78 Å². The van der Waals surface area contributed by atoms with Crippen LogP contribution >= 0.6 is 0 Å². The van der Waals surface area contributed by atoms with Crippen molar-refractivity contribution in [2.24, 2.45) is 23.7 Å². The fraction of sp³-hybridized carbons (Fsp3) is 0.733. The zero-order valence-electron chi connectivity index (χ0n) is 11.4. The highest BCUT2D eigenvalue weighted by molar-refractivity contribution is 5.98. The van der Waals surface area contributed by atoms with Crippen molar-refractivity contribution >= 4 is 11.8 Å². The van der Waals surface area contributed by atoms with E-state index >= 15 is 0 Å². The second-order valence-electron chi connectivity index (χ2n) is 6.03. The summed E-state index contributed by atoms with van der Waals surface area (Å²) in [6.45, 7) is 5.91. The van der Waals surface area contributed by atoms with Crippen LogP contribution in [0.2, 0.25) is 0 Å². The van der Waals surface area contributed by atoms with Gasteiger partial charge in [-0.1, -0.05) is 19.4 Å². The summed E-state index contributed by atoms with van der Waals surface area (Å²) in [5.41, 5.74) is 2.17. The predicted octanol–water partition coefficient (Wildman–Crippen LogP) is 3.05. The number of hydrogen-bond acceptors (Lipinski definition) is 2. The summed E-state index contributed by atoms with van der Waals surface area (Å²) in [5.74, 6) is 0.313. The number of carbonyl (C=O) groups excluding carboxylic acids is 1. The quantitative estimate of drug-likeness (QED) is 0.819. The highest BCUT2D eigenvalue weighted by atomic mass is 16.4. The molecule has 3 nitrogen and oxygen atoms in total. The van der Waals surface area contributed by atoms with Crippen molar-refractivity contribution in [3.05, 3.63) is 11.1 Å². The highest BCUT2D eigenvalue weighted by Gasteiger charge is 2.38. The number of carboxylic acids is 1. The Morgan fingerprint density at radius 3 is 2.61 bits per heavy atom. The molecule has 1 N–H and O–H groups in total. The van der Waals surface area contributed by atoms with Gasteiger partial charge in [-0.15, -0.1) is 0 Å². The van der Waals surface area contributed by atoms with Crippen LogP contribution in [0.25, 0.3) is 0 Å². The van der Waals surface area contributed by atoms with Crippen LogP contribution in [-0.2, 0) is 9.59 Å². The van der Waals surface area contributed by atoms with E-state index in [0.717, 1.165) is 24.8 Å². The predicted molar refractivity (Wildman–Crippen MR) is 69.1 cm³/mol. The Labute approximate surface area is 108 Å². The van der Waals surface area contributed by atoms with Gasteiger partial charge in [-0.25, -0.2) is 0 Å². The van der Waals surface area contributed by atoms with Crippen molar-refractivity contribution in [1.82, 2.24) is 0 Å². The largest absolute Gasteiger partial charge is 0.481 e. The Kier molecular flexibility index (Phi) is 3.60. The average molecular weight is 250 g/mol. The minimum absolute atomic E-state index is 0.186. The van der Waals surface area contributed by atoms with Gasteiger partial charge in [-0.2, -0.15) is 0 Å². The van der Waals surface area contributed by atoms with Gasteiger partial charge in [-0.3, -0.25) is 9.59 Å². The van der Waals surface area contributed by atoms with Gasteiger partial charge < -0.3 is 5.11 Å². The first-order valence-corrected chi connectivity index (χ1v) is 6.87. The van der Waals surface area contributed by atoms with Gasteiger partial charge in [0.25, 0.3) is 0 Å². The number of ketones is 1. The summed E-state index contributed by atoms with van der Waals surface area (Å²) >= 11 is 0. The molecule has 3 heteroatoms. The Morgan fingerprint density at radius 2 is 2.00 bits per heavy atom. The molecule has 0 spiro atoms. The topological polar surface area (TPSA) is 54.4 Å². The molecule has 2 rings (SSSR count). The molecule has 0 aromatic carbocycles.